The molecule has 1 aliphatic carbocycles. The number of aliphatic carboxylic acids is 1. The standard InChI is InChI=1S/C26H25FN6O2/c27-19-7-2-1-5-17(19)18-6-3-4-16-12-20(31-21(16)18)22-23-24(28)29-13-30-33(23)25(32-22)14-8-10-15(11-9-14)26(34)35/h1-7,13-15,20,31H,8-12H2,(H,34,35)(H2,28,29,30). The number of halogens is 1. The number of nitrogens with one attached hydrogen (secondary N) is 1. The molecule has 2 aromatic carbocycles. The van der Waals surface area contributed by atoms with Crippen LogP contribution >= 0.6 is 0 Å². The topological polar surface area (TPSA) is 118 Å². The summed E-state index contributed by atoms with van der Waals surface area (Å²) < 4.78 is 16.4. The number of hydrogen-bond acceptors (Lipinski definition) is 6. The Bertz CT molecular complexity index is 1440. The molecule has 1 fully saturated rings. The highest BCUT2D eigenvalue weighted by Crippen LogP contribution is 2.44. The summed E-state index contributed by atoms with van der Waals surface area (Å²) in [6.07, 6.45) is 4.79. The Kier molecular flexibility index (Phi) is 5.12. The summed E-state index contributed by atoms with van der Waals surface area (Å²) in [4.78, 5) is 20.6. The molecule has 0 spiro atoms. The van der Waals surface area contributed by atoms with E-state index in [4.69, 9.17) is 10.7 Å². The summed E-state index contributed by atoms with van der Waals surface area (Å²) in [6.45, 7) is 0. The molecule has 0 radical (unpaired) electrons. The molecule has 6 rings (SSSR count). The van der Waals surface area contributed by atoms with Gasteiger partial charge in [0.1, 0.15) is 23.5 Å². The number of hydrogen-bond donors (Lipinski definition) is 3. The minimum Gasteiger partial charge on any atom is -0.481 e. The third kappa shape index (κ3) is 3.58. The first-order chi connectivity index (χ1) is 17.0. The molecule has 2 aliphatic rings. The number of nitrogens with zero attached hydrogens (tertiary/aromatic N) is 4. The number of benzene rings is 2. The highest BCUT2D eigenvalue weighted by atomic mass is 19.1. The second kappa shape index (κ2) is 8.33. The highest BCUT2D eigenvalue weighted by Gasteiger charge is 2.34. The highest BCUT2D eigenvalue weighted by molar-refractivity contribution is 5.83. The first-order valence-electron chi connectivity index (χ1n) is 11.9. The third-order valence-electron chi connectivity index (χ3n) is 7.34. The van der Waals surface area contributed by atoms with E-state index in [1.54, 1.807) is 16.6 Å². The van der Waals surface area contributed by atoms with E-state index in [-0.39, 0.29) is 23.7 Å². The molecule has 0 saturated heterocycles. The number of nitrogen functional groups attached to an aromatic ring is 1. The van der Waals surface area contributed by atoms with Gasteiger partial charge in [0, 0.05) is 29.2 Å². The van der Waals surface area contributed by atoms with Crippen LogP contribution in [0.15, 0.2) is 48.8 Å². The van der Waals surface area contributed by atoms with Crippen LogP contribution in [-0.2, 0) is 11.2 Å². The lowest BCUT2D eigenvalue weighted by Crippen LogP contribution is -2.21. The van der Waals surface area contributed by atoms with E-state index in [1.807, 2.05) is 24.3 Å². The lowest BCUT2D eigenvalue weighted by Gasteiger charge is -2.24. The molecule has 1 unspecified atom stereocenters. The molecule has 35 heavy (non-hydrogen) atoms. The van der Waals surface area contributed by atoms with Gasteiger partial charge in [-0.1, -0.05) is 36.4 Å². The Hall–Kier alpha value is -4.01. The van der Waals surface area contributed by atoms with Gasteiger partial charge in [0.25, 0.3) is 0 Å². The van der Waals surface area contributed by atoms with Gasteiger partial charge in [0.2, 0.25) is 0 Å². The fourth-order valence-corrected chi connectivity index (χ4v) is 5.56. The SMILES string of the molecule is Nc1ncnn2c(C3CCC(C(=O)O)CC3)nc(C3Cc4cccc(-c5ccccc5F)c4N3)c12. The van der Waals surface area contributed by atoms with Gasteiger partial charge in [-0.2, -0.15) is 5.10 Å². The van der Waals surface area contributed by atoms with E-state index in [0.29, 0.717) is 36.2 Å². The molecule has 1 atom stereocenters. The monoisotopic (exact) mass is 472 g/mol. The van der Waals surface area contributed by atoms with Crippen molar-refractivity contribution in [1.29, 1.82) is 0 Å². The number of para-hydroxylation sites is 1. The number of anilines is 2. The lowest BCUT2D eigenvalue weighted by molar-refractivity contribution is -0.142. The maximum atomic E-state index is 14.6. The van der Waals surface area contributed by atoms with Gasteiger partial charge in [-0.05, 0) is 37.3 Å². The number of rotatable bonds is 4. The molecular weight excluding hydrogens is 447 g/mol. The molecule has 9 heteroatoms. The zero-order chi connectivity index (χ0) is 24.1. The van der Waals surface area contributed by atoms with Crippen molar-refractivity contribution in [3.8, 4) is 11.1 Å². The molecule has 2 aromatic heterocycles. The van der Waals surface area contributed by atoms with E-state index in [0.717, 1.165) is 41.2 Å². The first kappa shape index (κ1) is 21.5. The Balaban J connectivity index is 1.38. The van der Waals surface area contributed by atoms with Crippen molar-refractivity contribution in [1.82, 2.24) is 19.6 Å². The van der Waals surface area contributed by atoms with E-state index >= 15 is 0 Å². The third-order valence-corrected chi connectivity index (χ3v) is 7.34. The number of carbonyl (C=O) groups is 1. The van der Waals surface area contributed by atoms with Gasteiger partial charge in [-0.25, -0.2) is 18.9 Å². The molecule has 4 N–H and O–H groups in total. The van der Waals surface area contributed by atoms with Crippen LogP contribution in [0.25, 0.3) is 16.6 Å². The minimum atomic E-state index is -0.734. The smallest absolute Gasteiger partial charge is 0.306 e. The van der Waals surface area contributed by atoms with Gasteiger partial charge < -0.3 is 16.2 Å². The van der Waals surface area contributed by atoms with Gasteiger partial charge in [-0.3, -0.25) is 4.79 Å². The number of imidazole rings is 1. The minimum absolute atomic E-state index is 0.0962. The number of carboxylic acid groups (broad SMARTS) is 1. The predicted octanol–water partition coefficient (Wildman–Crippen LogP) is 4.58. The van der Waals surface area contributed by atoms with Crippen molar-refractivity contribution >= 4 is 23.0 Å². The maximum Gasteiger partial charge on any atom is 0.306 e. The van der Waals surface area contributed by atoms with Crippen molar-refractivity contribution in [2.24, 2.45) is 5.92 Å². The quantitative estimate of drug-likeness (QED) is 0.398. The normalized spacial score (nSPS) is 21.6. The molecule has 1 aliphatic heterocycles. The Morgan fingerprint density at radius 1 is 1.09 bits per heavy atom. The van der Waals surface area contributed by atoms with Crippen LogP contribution < -0.4 is 11.1 Å². The molecule has 8 nitrogen and oxygen atoms in total. The van der Waals surface area contributed by atoms with Crippen LogP contribution in [0, 0.1) is 11.7 Å². The Morgan fingerprint density at radius 2 is 1.86 bits per heavy atom. The Morgan fingerprint density at radius 3 is 2.63 bits per heavy atom. The lowest BCUT2D eigenvalue weighted by atomic mass is 9.82. The van der Waals surface area contributed by atoms with E-state index < -0.39 is 5.97 Å². The largest absolute Gasteiger partial charge is 0.481 e. The zero-order valence-corrected chi connectivity index (χ0v) is 19.0. The predicted molar refractivity (Wildman–Crippen MR) is 129 cm³/mol. The summed E-state index contributed by atoms with van der Waals surface area (Å²) in [5.41, 5.74) is 11.1. The van der Waals surface area contributed by atoms with Crippen LogP contribution in [0.3, 0.4) is 0 Å². The summed E-state index contributed by atoms with van der Waals surface area (Å²) in [5.74, 6) is -0.0730. The van der Waals surface area contributed by atoms with E-state index in [2.05, 4.69) is 15.4 Å². The molecule has 1 saturated carbocycles. The van der Waals surface area contributed by atoms with Crippen molar-refractivity contribution in [2.75, 3.05) is 11.1 Å². The number of nitrogens with two attached hydrogens (primary N) is 1. The van der Waals surface area contributed by atoms with E-state index in [1.165, 1.54) is 12.4 Å². The fourth-order valence-electron chi connectivity index (χ4n) is 5.56. The van der Waals surface area contributed by atoms with Crippen molar-refractivity contribution < 1.29 is 14.3 Å². The van der Waals surface area contributed by atoms with Crippen LogP contribution in [0.1, 0.15) is 54.7 Å². The maximum absolute atomic E-state index is 14.6. The summed E-state index contributed by atoms with van der Waals surface area (Å²) in [5, 5.41) is 17.4. The molecule has 0 amide bonds. The summed E-state index contributed by atoms with van der Waals surface area (Å²) in [7, 11) is 0. The molecule has 0 bridgehead atoms. The van der Waals surface area contributed by atoms with Gasteiger partial charge in [0.15, 0.2) is 5.82 Å². The molecular formula is C26H25FN6O2. The molecule has 4 aromatic rings. The van der Waals surface area contributed by atoms with Crippen LogP contribution in [0.5, 0.6) is 0 Å². The van der Waals surface area contributed by atoms with Crippen molar-refractivity contribution in [2.45, 2.75) is 44.1 Å². The number of aromatic nitrogens is 4. The zero-order valence-electron chi connectivity index (χ0n) is 19.0. The molecule has 3 heterocycles. The van der Waals surface area contributed by atoms with E-state index in [9.17, 15) is 14.3 Å². The first-order valence-corrected chi connectivity index (χ1v) is 11.9. The average Bonchev–Trinajstić information content (AvgIpc) is 3.47. The van der Waals surface area contributed by atoms with Crippen molar-refractivity contribution in [3.63, 3.8) is 0 Å². The molecule has 178 valence electrons. The van der Waals surface area contributed by atoms with Crippen LogP contribution in [-0.4, -0.2) is 30.7 Å². The van der Waals surface area contributed by atoms with Gasteiger partial charge in [0.05, 0.1) is 17.7 Å². The van der Waals surface area contributed by atoms with Gasteiger partial charge >= 0.3 is 5.97 Å². The fraction of sp³-hybridized carbons (Fsp3) is 0.308. The number of carboxylic acids is 1. The summed E-state index contributed by atoms with van der Waals surface area (Å²) in [6, 6.07) is 12.5. The van der Waals surface area contributed by atoms with Gasteiger partial charge in [-0.15, -0.1) is 0 Å². The second-order valence-electron chi connectivity index (χ2n) is 9.37. The van der Waals surface area contributed by atoms with Crippen LogP contribution in [0.2, 0.25) is 0 Å². The van der Waals surface area contributed by atoms with Crippen molar-refractivity contribution in [3.05, 3.63) is 71.7 Å². The van der Waals surface area contributed by atoms with Crippen LogP contribution in [0.4, 0.5) is 15.9 Å². The average molecular weight is 473 g/mol. The summed E-state index contributed by atoms with van der Waals surface area (Å²) >= 11 is 0. The Labute approximate surface area is 201 Å². The second-order valence-corrected chi connectivity index (χ2v) is 9.37. The number of fused-ring (bicyclic) bond motifs is 2.